The van der Waals surface area contributed by atoms with Crippen molar-refractivity contribution in [2.75, 3.05) is 26.2 Å². The summed E-state index contributed by atoms with van der Waals surface area (Å²) < 4.78 is 6.00. The lowest BCUT2D eigenvalue weighted by Crippen LogP contribution is -2.53. The van der Waals surface area contributed by atoms with Crippen LogP contribution in [0.3, 0.4) is 0 Å². The van der Waals surface area contributed by atoms with E-state index in [0.29, 0.717) is 12.1 Å². The number of hydrogen-bond acceptors (Lipinski definition) is 3. The van der Waals surface area contributed by atoms with Crippen LogP contribution in [0.4, 0.5) is 0 Å². The van der Waals surface area contributed by atoms with Crippen LogP contribution in [0.25, 0.3) is 0 Å². The zero-order valence-electron chi connectivity index (χ0n) is 12.9. The van der Waals surface area contributed by atoms with Gasteiger partial charge in [0.2, 0.25) is 0 Å². The summed E-state index contributed by atoms with van der Waals surface area (Å²) in [6.45, 7) is 10.8. The Kier molecular flexibility index (Phi) is 3.85. The Morgan fingerprint density at radius 3 is 2.95 bits per heavy atom. The van der Waals surface area contributed by atoms with Crippen molar-refractivity contribution in [3.05, 3.63) is 35.4 Å². The number of nitrogens with zero attached hydrogens (tertiary/aromatic N) is 1. The Morgan fingerprint density at radius 1 is 1.35 bits per heavy atom. The maximum Gasteiger partial charge on any atom is 0.0757 e. The zero-order valence-corrected chi connectivity index (χ0v) is 12.9. The molecule has 2 unspecified atom stereocenters. The molecule has 1 saturated heterocycles. The SMILES string of the molecule is CC1CN(CC2NCCc3ccccc32)CC(C)(C)O1. The highest BCUT2D eigenvalue weighted by Crippen LogP contribution is 2.26. The third-order valence-electron chi connectivity index (χ3n) is 4.30. The van der Waals surface area contributed by atoms with Crippen molar-refractivity contribution >= 4 is 0 Å². The van der Waals surface area contributed by atoms with Crippen molar-refractivity contribution in [3.63, 3.8) is 0 Å². The van der Waals surface area contributed by atoms with Crippen molar-refractivity contribution in [3.8, 4) is 0 Å². The summed E-state index contributed by atoms with van der Waals surface area (Å²) in [6, 6.07) is 9.32. The van der Waals surface area contributed by atoms with E-state index in [-0.39, 0.29) is 5.60 Å². The molecule has 0 bridgehead atoms. The number of hydrogen-bond donors (Lipinski definition) is 1. The molecule has 20 heavy (non-hydrogen) atoms. The lowest BCUT2D eigenvalue weighted by molar-refractivity contribution is -0.130. The van der Waals surface area contributed by atoms with Gasteiger partial charge in [0.05, 0.1) is 11.7 Å². The molecule has 3 nitrogen and oxygen atoms in total. The van der Waals surface area contributed by atoms with Crippen LogP contribution < -0.4 is 5.32 Å². The minimum absolute atomic E-state index is 0.0359. The first kappa shape index (κ1) is 14.1. The van der Waals surface area contributed by atoms with E-state index in [1.54, 1.807) is 0 Å². The summed E-state index contributed by atoms with van der Waals surface area (Å²) in [7, 11) is 0. The van der Waals surface area contributed by atoms with Crippen molar-refractivity contribution < 1.29 is 4.74 Å². The fourth-order valence-electron chi connectivity index (χ4n) is 3.74. The van der Waals surface area contributed by atoms with Gasteiger partial charge in [-0.3, -0.25) is 4.90 Å². The minimum Gasteiger partial charge on any atom is -0.370 e. The smallest absolute Gasteiger partial charge is 0.0757 e. The van der Waals surface area contributed by atoms with Crippen LogP contribution in [0.1, 0.15) is 37.9 Å². The number of nitrogens with one attached hydrogen (secondary N) is 1. The van der Waals surface area contributed by atoms with Gasteiger partial charge < -0.3 is 10.1 Å². The number of benzene rings is 1. The average molecular weight is 274 g/mol. The second kappa shape index (κ2) is 5.47. The van der Waals surface area contributed by atoms with E-state index >= 15 is 0 Å². The molecular formula is C17H26N2O. The first-order chi connectivity index (χ1) is 9.53. The molecule has 2 atom stereocenters. The summed E-state index contributed by atoms with van der Waals surface area (Å²) in [5.74, 6) is 0. The summed E-state index contributed by atoms with van der Waals surface area (Å²) in [5.41, 5.74) is 2.96. The molecule has 110 valence electrons. The standard InChI is InChI=1S/C17H26N2O/c1-13-10-19(12-17(2,3)20-13)11-16-15-7-5-4-6-14(15)8-9-18-16/h4-7,13,16,18H,8-12H2,1-3H3. The van der Waals surface area contributed by atoms with Gasteiger partial charge in [-0.2, -0.15) is 0 Å². The van der Waals surface area contributed by atoms with Gasteiger partial charge in [-0.05, 0) is 44.9 Å². The van der Waals surface area contributed by atoms with Crippen LogP contribution in [-0.4, -0.2) is 42.8 Å². The minimum atomic E-state index is -0.0359. The molecule has 0 radical (unpaired) electrons. The first-order valence-electron chi connectivity index (χ1n) is 7.75. The number of fused-ring (bicyclic) bond motifs is 1. The first-order valence-corrected chi connectivity index (χ1v) is 7.75. The summed E-state index contributed by atoms with van der Waals surface area (Å²) >= 11 is 0. The van der Waals surface area contributed by atoms with Gasteiger partial charge in [0.15, 0.2) is 0 Å². The van der Waals surface area contributed by atoms with Crippen LogP contribution >= 0.6 is 0 Å². The van der Waals surface area contributed by atoms with E-state index in [0.717, 1.165) is 32.6 Å². The van der Waals surface area contributed by atoms with E-state index < -0.39 is 0 Å². The third kappa shape index (κ3) is 3.05. The molecule has 1 fully saturated rings. The van der Waals surface area contributed by atoms with Gasteiger partial charge in [-0.15, -0.1) is 0 Å². The molecule has 2 heterocycles. The van der Waals surface area contributed by atoms with E-state index in [4.69, 9.17) is 4.74 Å². The zero-order chi connectivity index (χ0) is 14.2. The fraction of sp³-hybridized carbons (Fsp3) is 0.647. The molecule has 2 aliphatic heterocycles. The van der Waals surface area contributed by atoms with E-state index in [9.17, 15) is 0 Å². The Labute approximate surface area is 122 Å². The fourth-order valence-corrected chi connectivity index (χ4v) is 3.74. The Bertz CT molecular complexity index is 472. The highest BCUT2D eigenvalue weighted by atomic mass is 16.5. The van der Waals surface area contributed by atoms with Gasteiger partial charge in [-0.25, -0.2) is 0 Å². The summed E-state index contributed by atoms with van der Waals surface area (Å²) in [5, 5.41) is 3.68. The van der Waals surface area contributed by atoms with Gasteiger partial charge in [-0.1, -0.05) is 24.3 Å². The molecule has 0 spiro atoms. The maximum absolute atomic E-state index is 6.00. The molecule has 3 rings (SSSR count). The lowest BCUT2D eigenvalue weighted by Gasteiger charge is -2.43. The second-order valence-corrected chi connectivity index (χ2v) is 6.84. The van der Waals surface area contributed by atoms with E-state index in [1.165, 1.54) is 11.1 Å². The van der Waals surface area contributed by atoms with Crippen molar-refractivity contribution in [1.29, 1.82) is 0 Å². The van der Waals surface area contributed by atoms with Gasteiger partial charge in [0.25, 0.3) is 0 Å². The Morgan fingerprint density at radius 2 is 2.15 bits per heavy atom. The predicted octanol–water partition coefficient (Wildman–Crippen LogP) is 2.37. The average Bonchev–Trinajstić information content (AvgIpc) is 2.37. The molecule has 1 aromatic rings. The van der Waals surface area contributed by atoms with Crippen molar-refractivity contribution in [2.45, 2.75) is 44.9 Å². The molecule has 3 heteroatoms. The van der Waals surface area contributed by atoms with Gasteiger partial charge >= 0.3 is 0 Å². The van der Waals surface area contributed by atoms with Crippen LogP contribution in [-0.2, 0) is 11.2 Å². The van der Waals surface area contributed by atoms with E-state index in [1.807, 2.05) is 0 Å². The van der Waals surface area contributed by atoms with Crippen LogP contribution in [0.2, 0.25) is 0 Å². The number of morpholine rings is 1. The molecule has 0 aliphatic carbocycles. The highest BCUT2D eigenvalue weighted by Gasteiger charge is 2.33. The molecule has 1 N–H and O–H groups in total. The Balaban J connectivity index is 1.72. The molecule has 0 amide bonds. The maximum atomic E-state index is 6.00. The van der Waals surface area contributed by atoms with Gasteiger partial charge in [0.1, 0.15) is 0 Å². The molecule has 2 aliphatic rings. The van der Waals surface area contributed by atoms with Crippen molar-refractivity contribution in [2.24, 2.45) is 0 Å². The van der Waals surface area contributed by atoms with Crippen LogP contribution in [0.5, 0.6) is 0 Å². The van der Waals surface area contributed by atoms with Crippen molar-refractivity contribution in [1.82, 2.24) is 10.2 Å². The normalized spacial score (nSPS) is 29.9. The number of rotatable bonds is 2. The third-order valence-corrected chi connectivity index (χ3v) is 4.30. The molecule has 1 aromatic carbocycles. The predicted molar refractivity (Wildman–Crippen MR) is 82.0 cm³/mol. The number of ether oxygens (including phenoxy) is 1. The van der Waals surface area contributed by atoms with Gasteiger partial charge in [0, 0.05) is 25.7 Å². The monoisotopic (exact) mass is 274 g/mol. The van der Waals surface area contributed by atoms with Crippen LogP contribution in [0, 0.1) is 0 Å². The lowest BCUT2D eigenvalue weighted by atomic mass is 9.93. The molecule has 0 saturated carbocycles. The summed E-state index contributed by atoms with van der Waals surface area (Å²) in [4.78, 5) is 2.55. The second-order valence-electron chi connectivity index (χ2n) is 6.84. The largest absolute Gasteiger partial charge is 0.370 e. The highest BCUT2D eigenvalue weighted by molar-refractivity contribution is 5.32. The molecule has 0 aromatic heterocycles. The van der Waals surface area contributed by atoms with Crippen LogP contribution in [0.15, 0.2) is 24.3 Å². The summed E-state index contributed by atoms with van der Waals surface area (Å²) in [6.07, 6.45) is 1.47. The quantitative estimate of drug-likeness (QED) is 0.896. The van der Waals surface area contributed by atoms with E-state index in [2.05, 4.69) is 55.3 Å². The Hall–Kier alpha value is -0.900. The topological polar surface area (TPSA) is 24.5 Å². The molecular weight excluding hydrogens is 248 g/mol.